The van der Waals surface area contributed by atoms with Gasteiger partial charge < -0.3 is 9.52 Å². The number of hydrogen-bond donors (Lipinski definition) is 1. The predicted octanol–water partition coefficient (Wildman–Crippen LogP) is 4.05. The summed E-state index contributed by atoms with van der Waals surface area (Å²) in [6, 6.07) is 7.19. The van der Waals surface area contributed by atoms with E-state index in [1.165, 1.54) is 0 Å². The summed E-state index contributed by atoms with van der Waals surface area (Å²) in [5.74, 6) is -0.0268. The Morgan fingerprint density at radius 1 is 1.45 bits per heavy atom. The fourth-order valence-corrected chi connectivity index (χ4v) is 2.73. The predicted molar refractivity (Wildman–Crippen MR) is 81.8 cm³/mol. The first-order valence-electron chi connectivity index (χ1n) is 6.57. The monoisotopic (exact) mass is 339 g/mol. The first-order valence-corrected chi connectivity index (χ1v) is 7.37. The molecule has 1 aromatic heterocycles. The Balaban J connectivity index is 2.30. The molecule has 2 rings (SSSR count). The molecule has 0 bridgehead atoms. The van der Waals surface area contributed by atoms with Crippen LogP contribution < -0.4 is 0 Å². The van der Waals surface area contributed by atoms with Gasteiger partial charge in [0.15, 0.2) is 0 Å². The van der Waals surface area contributed by atoms with Crippen LogP contribution in [0.25, 0.3) is 11.0 Å². The molecular weight excluding hydrogens is 322 g/mol. The third-order valence-corrected chi connectivity index (χ3v) is 4.18. The number of likely N-dealkylation sites (N-methyl/N-ethyl adjacent to an activating group) is 1. The second-order valence-electron chi connectivity index (χ2n) is 4.93. The lowest BCUT2D eigenvalue weighted by Gasteiger charge is -2.28. The number of carboxylic acids is 1. The van der Waals surface area contributed by atoms with Crippen molar-refractivity contribution in [2.75, 3.05) is 7.05 Å². The molecule has 20 heavy (non-hydrogen) atoms. The van der Waals surface area contributed by atoms with E-state index in [1.807, 2.05) is 50.1 Å². The molecule has 1 aromatic carbocycles. The third-order valence-electron chi connectivity index (χ3n) is 3.68. The third kappa shape index (κ3) is 2.88. The summed E-state index contributed by atoms with van der Waals surface area (Å²) in [6.45, 7) is 3.83. The number of hydrogen-bond acceptors (Lipinski definition) is 3. The quantitative estimate of drug-likeness (QED) is 0.892. The van der Waals surface area contributed by atoms with Crippen molar-refractivity contribution in [1.82, 2.24) is 4.90 Å². The molecule has 0 saturated carbocycles. The van der Waals surface area contributed by atoms with Gasteiger partial charge in [-0.3, -0.25) is 9.69 Å². The normalized spacial score (nSPS) is 14.7. The number of furan rings is 1. The van der Waals surface area contributed by atoms with Gasteiger partial charge in [0.05, 0.1) is 6.04 Å². The smallest absolute Gasteiger partial charge is 0.320 e. The molecule has 0 saturated heterocycles. The number of rotatable bonds is 5. The summed E-state index contributed by atoms with van der Waals surface area (Å²) >= 11 is 3.43. The van der Waals surface area contributed by atoms with Gasteiger partial charge in [-0.05, 0) is 44.7 Å². The molecule has 2 unspecified atom stereocenters. The molecule has 4 nitrogen and oxygen atoms in total. The van der Waals surface area contributed by atoms with E-state index in [4.69, 9.17) is 4.42 Å². The number of carbonyl (C=O) groups is 1. The summed E-state index contributed by atoms with van der Waals surface area (Å²) in [6.07, 6.45) is 0.557. The van der Waals surface area contributed by atoms with Crippen molar-refractivity contribution in [3.8, 4) is 0 Å². The molecule has 0 aliphatic heterocycles. The second kappa shape index (κ2) is 5.97. The molecule has 2 atom stereocenters. The Labute approximate surface area is 126 Å². The number of carboxylic acid groups (broad SMARTS) is 1. The number of benzene rings is 1. The van der Waals surface area contributed by atoms with E-state index < -0.39 is 12.0 Å². The lowest BCUT2D eigenvalue weighted by atomic mass is 10.1. The van der Waals surface area contributed by atoms with Gasteiger partial charge in [-0.2, -0.15) is 0 Å². The van der Waals surface area contributed by atoms with Crippen molar-refractivity contribution in [2.24, 2.45) is 0 Å². The lowest BCUT2D eigenvalue weighted by molar-refractivity contribution is -0.143. The van der Waals surface area contributed by atoms with E-state index in [9.17, 15) is 9.90 Å². The molecule has 1 heterocycles. The van der Waals surface area contributed by atoms with Gasteiger partial charge in [0.1, 0.15) is 17.4 Å². The molecule has 0 aliphatic carbocycles. The fraction of sp³-hybridized carbons (Fsp3) is 0.400. The van der Waals surface area contributed by atoms with E-state index in [2.05, 4.69) is 15.9 Å². The Morgan fingerprint density at radius 3 is 2.75 bits per heavy atom. The highest BCUT2D eigenvalue weighted by Gasteiger charge is 2.27. The van der Waals surface area contributed by atoms with Gasteiger partial charge in [-0.15, -0.1) is 0 Å². The maximum atomic E-state index is 11.2. The van der Waals surface area contributed by atoms with Crippen molar-refractivity contribution >= 4 is 32.9 Å². The van der Waals surface area contributed by atoms with Crippen LogP contribution in [-0.4, -0.2) is 29.1 Å². The van der Waals surface area contributed by atoms with Crippen LogP contribution in [0.1, 0.15) is 32.1 Å². The number of fused-ring (bicyclic) bond motifs is 1. The summed E-state index contributed by atoms with van der Waals surface area (Å²) in [4.78, 5) is 13.1. The van der Waals surface area contributed by atoms with Gasteiger partial charge >= 0.3 is 5.97 Å². The largest absolute Gasteiger partial charge is 0.480 e. The zero-order chi connectivity index (χ0) is 14.9. The molecule has 2 aromatic rings. The molecule has 1 N–H and O–H groups in total. The maximum Gasteiger partial charge on any atom is 0.320 e. The van der Waals surface area contributed by atoms with Gasteiger partial charge in [-0.25, -0.2) is 0 Å². The number of nitrogens with zero attached hydrogens (tertiary/aromatic N) is 1. The van der Waals surface area contributed by atoms with Crippen LogP contribution in [0.2, 0.25) is 0 Å². The highest BCUT2D eigenvalue weighted by molar-refractivity contribution is 9.10. The minimum Gasteiger partial charge on any atom is -0.480 e. The summed E-state index contributed by atoms with van der Waals surface area (Å²) in [7, 11) is 1.82. The summed E-state index contributed by atoms with van der Waals surface area (Å²) in [5, 5.41) is 10.2. The van der Waals surface area contributed by atoms with Crippen LogP contribution in [-0.2, 0) is 4.79 Å². The first-order chi connectivity index (χ1) is 9.43. The van der Waals surface area contributed by atoms with Crippen LogP contribution in [0.4, 0.5) is 0 Å². The van der Waals surface area contributed by atoms with E-state index >= 15 is 0 Å². The van der Waals surface area contributed by atoms with Gasteiger partial charge in [0, 0.05) is 9.86 Å². The van der Waals surface area contributed by atoms with E-state index in [0.717, 1.165) is 21.2 Å². The van der Waals surface area contributed by atoms with Crippen molar-refractivity contribution in [1.29, 1.82) is 0 Å². The van der Waals surface area contributed by atoms with Crippen molar-refractivity contribution in [3.63, 3.8) is 0 Å². The Bertz CT molecular complexity index is 623. The first kappa shape index (κ1) is 15.1. The zero-order valence-corrected chi connectivity index (χ0v) is 13.3. The number of halogens is 1. The highest BCUT2D eigenvalue weighted by Crippen LogP contribution is 2.29. The fourth-order valence-electron chi connectivity index (χ4n) is 2.35. The summed E-state index contributed by atoms with van der Waals surface area (Å²) in [5.41, 5.74) is 0.812. The molecule has 0 radical (unpaired) electrons. The lowest BCUT2D eigenvalue weighted by Crippen LogP contribution is -2.39. The van der Waals surface area contributed by atoms with E-state index in [-0.39, 0.29) is 6.04 Å². The van der Waals surface area contributed by atoms with Gasteiger partial charge in [-0.1, -0.05) is 22.9 Å². The minimum atomic E-state index is -0.805. The van der Waals surface area contributed by atoms with Gasteiger partial charge in [0.25, 0.3) is 0 Å². The average molecular weight is 340 g/mol. The maximum absolute atomic E-state index is 11.2. The molecule has 0 amide bonds. The van der Waals surface area contributed by atoms with Crippen molar-refractivity contribution < 1.29 is 14.3 Å². The molecular formula is C15H18BrNO3. The Kier molecular flexibility index (Phi) is 4.50. The Morgan fingerprint density at radius 2 is 2.15 bits per heavy atom. The van der Waals surface area contributed by atoms with Crippen molar-refractivity contribution in [2.45, 2.75) is 32.4 Å². The summed E-state index contributed by atoms with van der Waals surface area (Å²) < 4.78 is 6.82. The topological polar surface area (TPSA) is 53.7 Å². The van der Waals surface area contributed by atoms with Crippen LogP contribution in [0.5, 0.6) is 0 Å². The molecule has 0 spiro atoms. The van der Waals surface area contributed by atoms with Crippen LogP contribution in [0.3, 0.4) is 0 Å². The van der Waals surface area contributed by atoms with E-state index in [1.54, 1.807) is 0 Å². The zero-order valence-electron chi connectivity index (χ0n) is 11.8. The molecule has 5 heteroatoms. The Hall–Kier alpha value is -1.33. The van der Waals surface area contributed by atoms with Crippen LogP contribution in [0, 0.1) is 0 Å². The minimum absolute atomic E-state index is 0.0952. The molecule has 108 valence electrons. The van der Waals surface area contributed by atoms with E-state index in [0.29, 0.717) is 6.42 Å². The average Bonchev–Trinajstić information content (AvgIpc) is 2.80. The number of aliphatic carboxylic acids is 1. The standard InChI is InChI=1S/C15H18BrNO3/c1-4-12(15(18)19)17(3)9(2)14-8-10-7-11(16)5-6-13(10)20-14/h5-9,12H,4H2,1-3H3,(H,18,19). The van der Waals surface area contributed by atoms with Crippen LogP contribution in [0.15, 0.2) is 33.2 Å². The van der Waals surface area contributed by atoms with Crippen molar-refractivity contribution in [3.05, 3.63) is 34.5 Å². The molecule has 0 aliphatic rings. The second-order valence-corrected chi connectivity index (χ2v) is 5.85. The van der Waals surface area contributed by atoms with Crippen LogP contribution >= 0.6 is 15.9 Å². The molecule has 0 fully saturated rings. The van der Waals surface area contributed by atoms with Gasteiger partial charge in [0.2, 0.25) is 0 Å². The SMILES string of the molecule is CCC(C(=O)O)N(C)C(C)c1cc2cc(Br)ccc2o1. The highest BCUT2D eigenvalue weighted by atomic mass is 79.9.